The summed E-state index contributed by atoms with van der Waals surface area (Å²) in [5, 5.41) is 0. The van der Waals surface area contributed by atoms with Crippen LogP contribution in [0.15, 0.2) is 11.6 Å². The van der Waals surface area contributed by atoms with Gasteiger partial charge in [0.1, 0.15) is 5.78 Å². The SMILES string of the molecule is C[C@]12CC[C@@H](OCCN)CC1=CC[C@H]1[C@H]2CC[C@]2(C)C(=O)CC[C@H]12. The monoisotopic (exact) mass is 331 g/mol. The number of carbonyl (C=O) groups excluding carboxylic acids is 1. The molecule has 3 heteroatoms. The predicted octanol–water partition coefficient (Wildman–Crippen LogP) is 3.86. The van der Waals surface area contributed by atoms with Gasteiger partial charge in [0, 0.05) is 18.4 Å². The Hall–Kier alpha value is -0.670. The molecule has 0 radical (unpaired) electrons. The number of ether oxygens (including phenoxy) is 1. The Kier molecular flexibility index (Phi) is 4.16. The van der Waals surface area contributed by atoms with Crippen molar-refractivity contribution in [3.63, 3.8) is 0 Å². The van der Waals surface area contributed by atoms with Crippen molar-refractivity contribution in [1.29, 1.82) is 0 Å². The van der Waals surface area contributed by atoms with Crippen LogP contribution in [0.2, 0.25) is 0 Å². The van der Waals surface area contributed by atoms with Crippen LogP contribution in [-0.4, -0.2) is 25.0 Å². The molecule has 0 amide bonds. The van der Waals surface area contributed by atoms with Gasteiger partial charge in [-0.3, -0.25) is 4.79 Å². The minimum absolute atomic E-state index is 0.00961. The van der Waals surface area contributed by atoms with Crippen molar-refractivity contribution in [1.82, 2.24) is 0 Å². The fraction of sp³-hybridized carbons (Fsp3) is 0.857. The van der Waals surface area contributed by atoms with Gasteiger partial charge in [-0.2, -0.15) is 0 Å². The Morgan fingerprint density at radius 1 is 1.17 bits per heavy atom. The van der Waals surface area contributed by atoms with E-state index in [1.807, 2.05) is 0 Å². The quantitative estimate of drug-likeness (QED) is 0.799. The largest absolute Gasteiger partial charge is 0.377 e. The highest BCUT2D eigenvalue weighted by Gasteiger charge is 2.58. The molecule has 0 spiro atoms. The van der Waals surface area contributed by atoms with Gasteiger partial charge in [-0.05, 0) is 68.1 Å². The summed E-state index contributed by atoms with van der Waals surface area (Å²) in [6.07, 6.45) is 11.9. The highest BCUT2D eigenvalue weighted by atomic mass is 16.5. The molecule has 0 saturated heterocycles. The molecule has 3 saturated carbocycles. The molecule has 6 atom stereocenters. The van der Waals surface area contributed by atoms with E-state index in [1.54, 1.807) is 5.57 Å². The van der Waals surface area contributed by atoms with Crippen LogP contribution in [0.5, 0.6) is 0 Å². The van der Waals surface area contributed by atoms with Crippen molar-refractivity contribution in [3.8, 4) is 0 Å². The number of carbonyl (C=O) groups is 1. The van der Waals surface area contributed by atoms with E-state index in [4.69, 9.17) is 10.5 Å². The van der Waals surface area contributed by atoms with E-state index in [1.165, 1.54) is 19.3 Å². The highest BCUT2D eigenvalue weighted by molar-refractivity contribution is 5.87. The Bertz CT molecular complexity index is 556. The lowest BCUT2D eigenvalue weighted by Gasteiger charge is -2.57. The van der Waals surface area contributed by atoms with Crippen molar-refractivity contribution in [2.75, 3.05) is 13.2 Å². The summed E-state index contributed by atoms with van der Waals surface area (Å²) in [5.74, 6) is 2.68. The van der Waals surface area contributed by atoms with Gasteiger partial charge in [0.05, 0.1) is 12.7 Å². The Morgan fingerprint density at radius 3 is 2.71 bits per heavy atom. The zero-order valence-corrected chi connectivity index (χ0v) is 15.4. The van der Waals surface area contributed by atoms with Crippen LogP contribution < -0.4 is 5.73 Å². The third-order valence-corrected chi connectivity index (χ3v) is 8.24. The number of hydrogen-bond donors (Lipinski definition) is 1. The summed E-state index contributed by atoms with van der Waals surface area (Å²) < 4.78 is 5.95. The molecule has 0 aliphatic heterocycles. The van der Waals surface area contributed by atoms with Gasteiger partial charge >= 0.3 is 0 Å². The number of fused-ring (bicyclic) bond motifs is 5. The van der Waals surface area contributed by atoms with Crippen molar-refractivity contribution in [2.24, 2.45) is 34.3 Å². The van der Waals surface area contributed by atoms with Crippen LogP contribution in [0.25, 0.3) is 0 Å². The summed E-state index contributed by atoms with van der Waals surface area (Å²) in [5.41, 5.74) is 7.58. The molecular weight excluding hydrogens is 298 g/mol. The molecule has 3 nitrogen and oxygen atoms in total. The topological polar surface area (TPSA) is 52.3 Å². The van der Waals surface area contributed by atoms with Crippen molar-refractivity contribution in [2.45, 2.75) is 71.3 Å². The molecule has 134 valence electrons. The van der Waals surface area contributed by atoms with E-state index >= 15 is 0 Å². The third-order valence-electron chi connectivity index (χ3n) is 8.24. The van der Waals surface area contributed by atoms with Crippen LogP contribution in [-0.2, 0) is 9.53 Å². The number of nitrogens with two attached hydrogens (primary N) is 1. The molecular formula is C21H33NO2. The lowest BCUT2D eigenvalue weighted by atomic mass is 9.48. The summed E-state index contributed by atoms with van der Waals surface area (Å²) in [4.78, 5) is 12.5. The molecule has 4 rings (SSSR count). The molecule has 0 bridgehead atoms. The first-order chi connectivity index (χ1) is 11.5. The van der Waals surface area contributed by atoms with Gasteiger partial charge in [-0.25, -0.2) is 0 Å². The van der Waals surface area contributed by atoms with Crippen LogP contribution >= 0.6 is 0 Å². The Morgan fingerprint density at radius 2 is 1.92 bits per heavy atom. The second-order valence-corrected chi connectivity index (χ2v) is 9.20. The normalized spacial score (nSPS) is 47.6. The first-order valence-corrected chi connectivity index (χ1v) is 10.0. The highest BCUT2D eigenvalue weighted by Crippen LogP contribution is 2.64. The van der Waals surface area contributed by atoms with Crippen LogP contribution in [0.3, 0.4) is 0 Å². The summed E-state index contributed by atoms with van der Waals surface area (Å²) >= 11 is 0. The van der Waals surface area contributed by atoms with E-state index in [0.29, 0.717) is 36.4 Å². The second-order valence-electron chi connectivity index (χ2n) is 9.20. The first-order valence-electron chi connectivity index (χ1n) is 10.0. The molecule has 0 heterocycles. The van der Waals surface area contributed by atoms with Crippen LogP contribution in [0.1, 0.15) is 65.2 Å². The zero-order valence-electron chi connectivity index (χ0n) is 15.4. The standard InChI is InChI=1S/C21H33NO2/c1-20-9-7-15(24-12-11-22)13-14(20)3-4-16-17-5-6-19(23)21(17,2)10-8-18(16)20/h3,15-18H,4-13,22H2,1-2H3/t15-,16-,17-,18-,20+,21+/m1/s1. The van der Waals surface area contributed by atoms with E-state index in [9.17, 15) is 4.79 Å². The maximum atomic E-state index is 12.5. The first kappa shape index (κ1) is 16.8. The number of rotatable bonds is 3. The fourth-order valence-corrected chi connectivity index (χ4v) is 6.78. The Labute approximate surface area is 146 Å². The molecule has 0 unspecified atom stereocenters. The van der Waals surface area contributed by atoms with Gasteiger partial charge in [0.2, 0.25) is 0 Å². The average Bonchev–Trinajstić information content (AvgIpc) is 2.88. The number of hydrogen-bond acceptors (Lipinski definition) is 3. The zero-order chi connectivity index (χ0) is 16.9. The Balaban J connectivity index is 1.56. The van der Waals surface area contributed by atoms with Crippen LogP contribution in [0.4, 0.5) is 0 Å². The van der Waals surface area contributed by atoms with Crippen molar-refractivity contribution < 1.29 is 9.53 Å². The molecule has 4 aliphatic rings. The molecule has 2 N–H and O–H groups in total. The number of ketones is 1. The molecule has 24 heavy (non-hydrogen) atoms. The van der Waals surface area contributed by atoms with Gasteiger partial charge in [0.15, 0.2) is 0 Å². The molecule has 0 aromatic heterocycles. The van der Waals surface area contributed by atoms with Crippen LogP contribution in [0, 0.1) is 28.6 Å². The van der Waals surface area contributed by atoms with E-state index < -0.39 is 0 Å². The third kappa shape index (κ3) is 2.34. The lowest BCUT2D eigenvalue weighted by molar-refractivity contribution is -0.132. The summed E-state index contributed by atoms with van der Waals surface area (Å²) in [6, 6.07) is 0. The number of Topliss-reactive ketones (excluding diaryl/α,β-unsaturated/α-hetero) is 1. The van der Waals surface area contributed by atoms with Crippen molar-refractivity contribution >= 4 is 5.78 Å². The summed E-state index contributed by atoms with van der Waals surface area (Å²) in [6.45, 7) is 6.08. The van der Waals surface area contributed by atoms with Gasteiger partial charge in [-0.1, -0.05) is 25.5 Å². The van der Waals surface area contributed by atoms with Crippen molar-refractivity contribution in [3.05, 3.63) is 11.6 Å². The maximum Gasteiger partial charge on any atom is 0.139 e. The second kappa shape index (κ2) is 5.95. The van der Waals surface area contributed by atoms with Gasteiger partial charge in [-0.15, -0.1) is 0 Å². The van der Waals surface area contributed by atoms with E-state index in [2.05, 4.69) is 19.9 Å². The van der Waals surface area contributed by atoms with E-state index in [-0.39, 0.29) is 5.41 Å². The van der Waals surface area contributed by atoms with Gasteiger partial charge in [0.25, 0.3) is 0 Å². The summed E-state index contributed by atoms with van der Waals surface area (Å²) in [7, 11) is 0. The molecule has 3 fully saturated rings. The van der Waals surface area contributed by atoms with Gasteiger partial charge < -0.3 is 10.5 Å². The fourth-order valence-electron chi connectivity index (χ4n) is 6.78. The van der Waals surface area contributed by atoms with E-state index in [0.717, 1.165) is 43.9 Å². The minimum Gasteiger partial charge on any atom is -0.377 e. The number of allylic oxidation sites excluding steroid dienone is 1. The predicted molar refractivity (Wildman–Crippen MR) is 95.5 cm³/mol. The smallest absolute Gasteiger partial charge is 0.139 e. The molecule has 4 aliphatic carbocycles. The molecule has 0 aromatic rings. The molecule has 0 aromatic carbocycles. The minimum atomic E-state index is -0.00961. The lowest BCUT2D eigenvalue weighted by Crippen LogP contribution is -2.50. The average molecular weight is 332 g/mol. The maximum absolute atomic E-state index is 12.5.